The standard InChI is InChI=1S/C26H24BrN5O6S/c27-18-3-5-21(24(11-18)38-19-10-17-7-8-28-25(17)30-14-19)26(33)31-39(36)20-4-6-22(23(12-20)32(34)35)29-13-16-2-1-9-37-15-16/h3-8,10-12,14,16,29H,1-2,9,13,15H2,(H,28,30)(H,31,33). The van der Waals surface area contributed by atoms with E-state index in [0.717, 1.165) is 24.8 Å². The number of carbonyl (C=O) groups is 1. The Morgan fingerprint density at radius 2 is 2.13 bits per heavy atom. The third-order valence-corrected chi connectivity index (χ3v) is 7.74. The van der Waals surface area contributed by atoms with Gasteiger partial charge in [0, 0.05) is 35.3 Å². The molecule has 2 aromatic heterocycles. The second-order valence-corrected chi connectivity index (χ2v) is 11.1. The van der Waals surface area contributed by atoms with Crippen LogP contribution in [-0.2, 0) is 15.7 Å². The molecule has 202 valence electrons. The second-order valence-electron chi connectivity index (χ2n) is 8.93. The number of hydrogen-bond acceptors (Lipinski definition) is 8. The van der Waals surface area contributed by atoms with Crippen molar-refractivity contribution in [3.8, 4) is 11.5 Å². The number of nitrogens with zero attached hydrogens (tertiary/aromatic N) is 2. The lowest BCUT2D eigenvalue weighted by Gasteiger charge is -2.22. The summed E-state index contributed by atoms with van der Waals surface area (Å²) in [5.74, 6) is 0.213. The number of halogens is 1. The fourth-order valence-corrected chi connectivity index (χ4v) is 5.37. The van der Waals surface area contributed by atoms with Crippen molar-refractivity contribution in [3.05, 3.63) is 81.1 Å². The Kier molecular flexibility index (Phi) is 8.19. The molecule has 2 atom stereocenters. The molecule has 1 fully saturated rings. The van der Waals surface area contributed by atoms with Gasteiger partial charge in [-0.25, -0.2) is 9.19 Å². The second kappa shape index (κ2) is 11.9. The molecule has 1 amide bonds. The zero-order valence-electron chi connectivity index (χ0n) is 20.5. The van der Waals surface area contributed by atoms with E-state index in [1.54, 1.807) is 24.4 Å². The number of ether oxygens (including phenoxy) is 2. The number of nitro groups is 1. The van der Waals surface area contributed by atoms with Gasteiger partial charge in [0.25, 0.3) is 11.6 Å². The van der Waals surface area contributed by atoms with Gasteiger partial charge in [0.1, 0.15) is 22.8 Å². The normalized spacial score (nSPS) is 16.0. The number of pyridine rings is 1. The lowest BCUT2D eigenvalue weighted by molar-refractivity contribution is -0.384. The first-order valence-corrected chi connectivity index (χ1v) is 14.0. The van der Waals surface area contributed by atoms with Crippen molar-refractivity contribution in [3.63, 3.8) is 0 Å². The van der Waals surface area contributed by atoms with Gasteiger partial charge in [0.15, 0.2) is 11.0 Å². The molecule has 2 unspecified atom stereocenters. The number of aromatic nitrogens is 2. The van der Waals surface area contributed by atoms with Gasteiger partial charge in [-0.15, -0.1) is 0 Å². The van der Waals surface area contributed by atoms with Crippen molar-refractivity contribution < 1.29 is 23.4 Å². The Morgan fingerprint density at radius 3 is 2.92 bits per heavy atom. The SMILES string of the molecule is O=C(NS(=O)c1ccc(NCC2CCCOC2)c([N+](=O)[O-])c1)c1ccc(Br)cc1Oc1cnc2[nH]ccc2c1. The smallest absolute Gasteiger partial charge is 0.293 e. The number of rotatable bonds is 9. The fraction of sp³-hybridized carbons (Fsp3) is 0.231. The molecule has 2 aromatic carbocycles. The molecule has 0 aliphatic carbocycles. The zero-order valence-corrected chi connectivity index (χ0v) is 22.9. The number of hydrogen-bond donors (Lipinski definition) is 3. The van der Waals surface area contributed by atoms with E-state index >= 15 is 0 Å². The number of anilines is 1. The number of benzene rings is 2. The van der Waals surface area contributed by atoms with Crippen LogP contribution in [0.1, 0.15) is 23.2 Å². The number of nitro benzene ring substituents is 1. The molecule has 0 saturated carbocycles. The van der Waals surface area contributed by atoms with Gasteiger partial charge in [0.2, 0.25) is 0 Å². The molecule has 11 nitrogen and oxygen atoms in total. The Labute approximate surface area is 234 Å². The van der Waals surface area contributed by atoms with Crippen molar-refractivity contribution in [1.29, 1.82) is 0 Å². The Bertz CT molecular complexity index is 1560. The van der Waals surface area contributed by atoms with Crippen LogP contribution >= 0.6 is 15.9 Å². The molecule has 1 aliphatic rings. The highest BCUT2D eigenvalue weighted by Gasteiger charge is 2.22. The first-order valence-electron chi connectivity index (χ1n) is 12.1. The fourth-order valence-electron chi connectivity index (χ4n) is 4.22. The zero-order chi connectivity index (χ0) is 27.4. The minimum Gasteiger partial charge on any atom is -0.455 e. The molecule has 3 N–H and O–H groups in total. The molecule has 13 heteroatoms. The maximum atomic E-state index is 13.1. The van der Waals surface area contributed by atoms with E-state index in [1.807, 2.05) is 6.07 Å². The van der Waals surface area contributed by atoms with E-state index in [0.29, 0.717) is 34.7 Å². The van der Waals surface area contributed by atoms with Gasteiger partial charge in [0.05, 0.1) is 28.2 Å². The number of amides is 1. The van der Waals surface area contributed by atoms with Gasteiger partial charge in [-0.1, -0.05) is 15.9 Å². The number of carbonyl (C=O) groups excluding carboxylic acids is 1. The molecule has 0 bridgehead atoms. The summed E-state index contributed by atoms with van der Waals surface area (Å²) in [5.41, 5.74) is 0.910. The average molecular weight is 614 g/mol. The van der Waals surface area contributed by atoms with E-state index < -0.39 is 21.8 Å². The molecule has 1 saturated heterocycles. The van der Waals surface area contributed by atoms with Gasteiger partial charge in [-0.2, -0.15) is 0 Å². The maximum absolute atomic E-state index is 13.1. The molecule has 4 aromatic rings. The van der Waals surface area contributed by atoms with E-state index in [9.17, 15) is 19.1 Å². The molecule has 0 radical (unpaired) electrons. The summed E-state index contributed by atoms with van der Waals surface area (Å²) in [7, 11) is -2.07. The van der Waals surface area contributed by atoms with Crippen LogP contribution in [0.4, 0.5) is 11.4 Å². The highest BCUT2D eigenvalue weighted by molar-refractivity contribution is 9.10. The quantitative estimate of drug-likeness (QED) is 0.170. The topological polar surface area (TPSA) is 148 Å². The first-order chi connectivity index (χ1) is 18.9. The van der Waals surface area contributed by atoms with Crippen molar-refractivity contribution in [2.45, 2.75) is 17.7 Å². The van der Waals surface area contributed by atoms with Crippen LogP contribution < -0.4 is 14.8 Å². The first kappa shape index (κ1) is 26.8. The Morgan fingerprint density at radius 1 is 1.26 bits per heavy atom. The van der Waals surface area contributed by atoms with E-state index in [2.05, 4.69) is 35.9 Å². The van der Waals surface area contributed by atoms with Crippen LogP contribution in [-0.4, -0.2) is 44.8 Å². The molecule has 5 rings (SSSR count). The molecular formula is C26H24BrN5O6S. The maximum Gasteiger partial charge on any atom is 0.293 e. The monoisotopic (exact) mass is 613 g/mol. The molecule has 39 heavy (non-hydrogen) atoms. The lowest BCUT2D eigenvalue weighted by atomic mass is 10.0. The number of nitrogens with one attached hydrogen (secondary N) is 3. The summed E-state index contributed by atoms with van der Waals surface area (Å²) in [6.07, 6.45) is 5.22. The number of aromatic amines is 1. The number of fused-ring (bicyclic) bond motifs is 1. The van der Waals surface area contributed by atoms with Gasteiger partial charge in [-0.05, 0) is 61.2 Å². The van der Waals surface area contributed by atoms with E-state index in [-0.39, 0.29) is 27.8 Å². The lowest BCUT2D eigenvalue weighted by Crippen LogP contribution is -2.26. The third kappa shape index (κ3) is 6.44. The van der Waals surface area contributed by atoms with Crippen LogP contribution in [0.15, 0.2) is 70.3 Å². The van der Waals surface area contributed by atoms with Crippen molar-refractivity contribution in [2.24, 2.45) is 5.92 Å². The van der Waals surface area contributed by atoms with Crippen LogP contribution in [0.5, 0.6) is 11.5 Å². The average Bonchev–Trinajstić information content (AvgIpc) is 3.40. The van der Waals surface area contributed by atoms with Crippen LogP contribution in [0.3, 0.4) is 0 Å². The summed E-state index contributed by atoms with van der Waals surface area (Å²) < 4.78 is 27.5. The van der Waals surface area contributed by atoms with Gasteiger partial charge in [-0.3, -0.25) is 19.6 Å². The summed E-state index contributed by atoms with van der Waals surface area (Å²) >= 11 is 3.38. The summed E-state index contributed by atoms with van der Waals surface area (Å²) in [6.45, 7) is 1.87. The van der Waals surface area contributed by atoms with Crippen molar-refractivity contribution in [2.75, 3.05) is 25.1 Å². The van der Waals surface area contributed by atoms with Crippen molar-refractivity contribution in [1.82, 2.24) is 14.7 Å². The highest BCUT2D eigenvalue weighted by Crippen LogP contribution is 2.31. The molecule has 3 heterocycles. The Hall–Kier alpha value is -3.81. The highest BCUT2D eigenvalue weighted by atomic mass is 79.9. The van der Waals surface area contributed by atoms with Crippen LogP contribution in [0.2, 0.25) is 0 Å². The molecular weight excluding hydrogens is 590 g/mol. The summed E-state index contributed by atoms with van der Waals surface area (Å²) in [6, 6.07) is 12.6. The predicted octanol–water partition coefficient (Wildman–Crippen LogP) is 5.32. The van der Waals surface area contributed by atoms with E-state index in [4.69, 9.17) is 9.47 Å². The molecule has 0 spiro atoms. The van der Waals surface area contributed by atoms with E-state index in [1.165, 1.54) is 30.5 Å². The van der Waals surface area contributed by atoms with Crippen LogP contribution in [0.25, 0.3) is 11.0 Å². The summed E-state index contributed by atoms with van der Waals surface area (Å²) in [5, 5.41) is 15.7. The minimum absolute atomic E-state index is 0.0864. The minimum atomic E-state index is -2.07. The third-order valence-electron chi connectivity index (χ3n) is 6.19. The van der Waals surface area contributed by atoms with Gasteiger partial charge < -0.3 is 19.8 Å². The van der Waals surface area contributed by atoms with Crippen LogP contribution in [0, 0.1) is 16.0 Å². The molecule has 1 aliphatic heterocycles. The predicted molar refractivity (Wildman–Crippen MR) is 149 cm³/mol. The van der Waals surface area contributed by atoms with Gasteiger partial charge >= 0.3 is 0 Å². The Balaban J connectivity index is 1.31. The van der Waals surface area contributed by atoms with Crippen molar-refractivity contribution >= 4 is 55.2 Å². The number of H-pyrrole nitrogens is 1. The summed E-state index contributed by atoms with van der Waals surface area (Å²) in [4.78, 5) is 31.7. The largest absolute Gasteiger partial charge is 0.455 e.